The summed E-state index contributed by atoms with van der Waals surface area (Å²) in [5.74, 6) is 0.627. The maximum Gasteiger partial charge on any atom is 0.183 e. The Kier molecular flexibility index (Phi) is 2.90. The van der Waals surface area contributed by atoms with Crippen LogP contribution in [0.25, 0.3) is 11.2 Å². The van der Waals surface area contributed by atoms with E-state index in [1.807, 2.05) is 13.0 Å². The van der Waals surface area contributed by atoms with Crippen LogP contribution in [0.2, 0.25) is 0 Å². The molecule has 0 aliphatic heterocycles. The first-order valence-corrected chi connectivity index (χ1v) is 7.74. The van der Waals surface area contributed by atoms with E-state index in [4.69, 9.17) is 5.73 Å². The number of fused-ring (bicyclic) bond motifs is 2. The fraction of sp³-hybridized carbons (Fsp3) is 0.200. The topological polar surface area (TPSA) is 97.5 Å². The number of nitrogens with zero attached hydrogens (tertiary/aromatic N) is 3. The maximum atomic E-state index is 11.8. The molecule has 1 aliphatic rings. The summed E-state index contributed by atoms with van der Waals surface area (Å²) in [6, 6.07) is 4.06. The molecule has 0 unspecified atom stereocenters. The molecule has 1 aliphatic carbocycles. The molecule has 1 aromatic carbocycles. The normalized spacial score (nSPS) is 13.8. The Morgan fingerprint density at radius 3 is 2.95 bits per heavy atom. The number of aromatic nitrogens is 4. The van der Waals surface area contributed by atoms with Gasteiger partial charge in [0.15, 0.2) is 22.4 Å². The average Bonchev–Trinajstić information content (AvgIpc) is 3.05. The van der Waals surface area contributed by atoms with Crippen molar-refractivity contribution in [3.8, 4) is 0 Å². The SMILES string of the molecule is Cc1cc2c(cc1Sc1nc3ncnc(N)c3[nH]1)CCC2=O. The quantitative estimate of drug-likeness (QED) is 0.754. The highest BCUT2D eigenvalue weighted by Gasteiger charge is 2.21. The second-order valence-electron chi connectivity index (χ2n) is 5.30. The molecule has 0 spiro atoms. The van der Waals surface area contributed by atoms with E-state index in [0.717, 1.165) is 33.2 Å². The predicted molar refractivity (Wildman–Crippen MR) is 84.0 cm³/mol. The van der Waals surface area contributed by atoms with Crippen molar-refractivity contribution in [3.05, 3.63) is 35.2 Å². The van der Waals surface area contributed by atoms with Gasteiger partial charge in [-0.05, 0) is 36.6 Å². The molecule has 6 nitrogen and oxygen atoms in total. The number of nitrogen functional groups attached to an aromatic ring is 1. The number of carbonyl (C=O) groups is 1. The predicted octanol–water partition coefficient (Wildman–Crippen LogP) is 2.52. The molecule has 0 saturated heterocycles. The Balaban J connectivity index is 1.73. The van der Waals surface area contributed by atoms with Crippen molar-refractivity contribution in [2.24, 2.45) is 0 Å². The molecule has 0 saturated carbocycles. The number of aryl methyl sites for hydroxylation is 2. The second-order valence-corrected chi connectivity index (χ2v) is 6.33. The molecule has 4 rings (SSSR count). The Morgan fingerprint density at radius 1 is 1.27 bits per heavy atom. The van der Waals surface area contributed by atoms with Crippen LogP contribution >= 0.6 is 11.8 Å². The smallest absolute Gasteiger partial charge is 0.183 e. The van der Waals surface area contributed by atoms with E-state index in [9.17, 15) is 4.79 Å². The van der Waals surface area contributed by atoms with Crippen LogP contribution in [-0.4, -0.2) is 25.7 Å². The van der Waals surface area contributed by atoms with Crippen molar-refractivity contribution in [3.63, 3.8) is 0 Å². The first kappa shape index (κ1) is 13.3. The number of nitrogens with one attached hydrogen (secondary N) is 1. The molecule has 22 heavy (non-hydrogen) atoms. The fourth-order valence-electron chi connectivity index (χ4n) is 2.67. The van der Waals surface area contributed by atoms with Crippen molar-refractivity contribution in [1.82, 2.24) is 19.9 Å². The van der Waals surface area contributed by atoms with Gasteiger partial charge < -0.3 is 10.7 Å². The van der Waals surface area contributed by atoms with Gasteiger partial charge in [-0.2, -0.15) is 0 Å². The summed E-state index contributed by atoms with van der Waals surface area (Å²) in [6.07, 6.45) is 2.83. The van der Waals surface area contributed by atoms with Crippen molar-refractivity contribution in [2.45, 2.75) is 29.8 Å². The van der Waals surface area contributed by atoms with Crippen LogP contribution < -0.4 is 5.73 Å². The van der Waals surface area contributed by atoms with Crippen LogP contribution in [0.3, 0.4) is 0 Å². The van der Waals surface area contributed by atoms with Crippen LogP contribution in [0.1, 0.15) is 27.9 Å². The lowest BCUT2D eigenvalue weighted by Crippen LogP contribution is -1.93. The largest absolute Gasteiger partial charge is 0.382 e. The van der Waals surface area contributed by atoms with Gasteiger partial charge in [-0.3, -0.25) is 4.79 Å². The molecular weight excluding hydrogens is 298 g/mol. The summed E-state index contributed by atoms with van der Waals surface area (Å²) in [7, 11) is 0. The number of H-pyrrole nitrogens is 1. The molecule has 110 valence electrons. The summed E-state index contributed by atoms with van der Waals surface area (Å²) in [6.45, 7) is 2.00. The summed E-state index contributed by atoms with van der Waals surface area (Å²) in [5, 5.41) is 0.717. The highest BCUT2D eigenvalue weighted by molar-refractivity contribution is 7.99. The van der Waals surface area contributed by atoms with Gasteiger partial charge in [0.05, 0.1) is 0 Å². The summed E-state index contributed by atoms with van der Waals surface area (Å²) >= 11 is 1.51. The van der Waals surface area contributed by atoms with Crippen LogP contribution in [0.15, 0.2) is 28.5 Å². The van der Waals surface area contributed by atoms with Gasteiger partial charge in [0.1, 0.15) is 11.8 Å². The van der Waals surface area contributed by atoms with Gasteiger partial charge >= 0.3 is 0 Å². The van der Waals surface area contributed by atoms with Gasteiger partial charge in [0, 0.05) is 16.9 Å². The molecule has 0 amide bonds. The molecule has 0 radical (unpaired) electrons. The molecule has 3 aromatic rings. The fourth-order valence-corrected chi connectivity index (χ4v) is 3.58. The van der Waals surface area contributed by atoms with E-state index in [-0.39, 0.29) is 5.78 Å². The lowest BCUT2D eigenvalue weighted by molar-refractivity contribution is 0.0994. The monoisotopic (exact) mass is 311 g/mol. The lowest BCUT2D eigenvalue weighted by Gasteiger charge is -2.06. The number of rotatable bonds is 2. The van der Waals surface area contributed by atoms with Crippen molar-refractivity contribution in [1.29, 1.82) is 0 Å². The number of carbonyl (C=O) groups excluding carboxylic acids is 1. The lowest BCUT2D eigenvalue weighted by atomic mass is 10.1. The minimum absolute atomic E-state index is 0.237. The van der Waals surface area contributed by atoms with E-state index in [2.05, 4.69) is 26.0 Å². The van der Waals surface area contributed by atoms with Gasteiger partial charge in [-0.25, -0.2) is 15.0 Å². The van der Waals surface area contributed by atoms with Gasteiger partial charge in [0.2, 0.25) is 0 Å². The van der Waals surface area contributed by atoms with Crippen molar-refractivity contribution < 1.29 is 4.79 Å². The van der Waals surface area contributed by atoms with Gasteiger partial charge in [-0.15, -0.1) is 0 Å². The Labute approximate surface area is 130 Å². The van der Waals surface area contributed by atoms with Gasteiger partial charge in [0.25, 0.3) is 0 Å². The first-order chi connectivity index (χ1) is 10.6. The van der Waals surface area contributed by atoms with Crippen LogP contribution in [0, 0.1) is 6.92 Å². The molecular formula is C15H13N5OS. The number of aromatic amines is 1. The molecule has 0 fully saturated rings. The Hall–Kier alpha value is -2.41. The number of hydrogen-bond acceptors (Lipinski definition) is 6. The minimum atomic E-state index is 0.237. The highest BCUT2D eigenvalue weighted by atomic mass is 32.2. The number of hydrogen-bond donors (Lipinski definition) is 2. The molecule has 2 heterocycles. The number of Topliss-reactive ketones (excluding diaryl/α,β-unsaturated/α-hetero) is 1. The first-order valence-electron chi connectivity index (χ1n) is 6.92. The summed E-state index contributed by atoms with van der Waals surface area (Å²) in [5.41, 5.74) is 10.1. The van der Waals surface area contributed by atoms with E-state index >= 15 is 0 Å². The number of anilines is 1. The second kappa shape index (κ2) is 4.81. The average molecular weight is 311 g/mol. The molecule has 3 N–H and O–H groups in total. The van der Waals surface area contributed by atoms with E-state index < -0.39 is 0 Å². The molecule has 2 aromatic heterocycles. The van der Waals surface area contributed by atoms with Crippen LogP contribution in [0.4, 0.5) is 5.82 Å². The third-order valence-corrected chi connectivity index (χ3v) is 4.87. The third-order valence-electron chi connectivity index (χ3n) is 3.83. The Bertz CT molecular complexity index is 918. The number of imidazole rings is 1. The van der Waals surface area contributed by atoms with E-state index in [1.165, 1.54) is 18.1 Å². The zero-order valence-corrected chi connectivity index (χ0v) is 12.7. The van der Waals surface area contributed by atoms with Crippen LogP contribution in [-0.2, 0) is 6.42 Å². The number of benzene rings is 1. The van der Waals surface area contributed by atoms with Crippen molar-refractivity contribution in [2.75, 3.05) is 5.73 Å². The maximum absolute atomic E-state index is 11.8. The number of nitrogens with two attached hydrogens (primary N) is 1. The minimum Gasteiger partial charge on any atom is -0.382 e. The summed E-state index contributed by atoms with van der Waals surface area (Å²) in [4.78, 5) is 28.5. The molecule has 7 heteroatoms. The third kappa shape index (κ3) is 2.05. The van der Waals surface area contributed by atoms with Gasteiger partial charge in [-0.1, -0.05) is 11.8 Å². The molecule has 0 atom stereocenters. The zero-order valence-electron chi connectivity index (χ0n) is 11.9. The highest BCUT2D eigenvalue weighted by Crippen LogP contribution is 2.34. The van der Waals surface area contributed by atoms with Crippen LogP contribution in [0.5, 0.6) is 0 Å². The number of ketones is 1. The van der Waals surface area contributed by atoms with E-state index in [0.29, 0.717) is 23.4 Å². The molecule has 0 bridgehead atoms. The zero-order chi connectivity index (χ0) is 15.3. The Morgan fingerprint density at radius 2 is 2.14 bits per heavy atom. The standard InChI is InChI=1S/C15H13N5OS/c1-7-4-9-8(2-3-10(9)21)5-11(7)22-15-19-12-13(16)17-6-18-14(12)20-15/h4-6H,2-3H2,1H3,(H3,16,17,18,19,20). The van der Waals surface area contributed by atoms with E-state index in [1.54, 1.807) is 0 Å². The van der Waals surface area contributed by atoms with Crippen molar-refractivity contribution >= 4 is 34.5 Å². The summed E-state index contributed by atoms with van der Waals surface area (Å²) < 4.78 is 0.